The van der Waals surface area contributed by atoms with Gasteiger partial charge >= 0.3 is 6.18 Å². The molecule has 1 aromatic carbocycles. The van der Waals surface area contributed by atoms with Gasteiger partial charge in [-0.1, -0.05) is 12.1 Å². The molecule has 2 aromatic heterocycles. The van der Waals surface area contributed by atoms with Crippen LogP contribution in [0, 0.1) is 0 Å². The van der Waals surface area contributed by atoms with Gasteiger partial charge in [0.25, 0.3) is 5.56 Å². The van der Waals surface area contributed by atoms with Crippen molar-refractivity contribution in [2.75, 3.05) is 18.0 Å². The van der Waals surface area contributed by atoms with Crippen molar-refractivity contribution in [3.63, 3.8) is 0 Å². The molecule has 0 amide bonds. The van der Waals surface area contributed by atoms with Crippen molar-refractivity contribution in [1.82, 2.24) is 19.7 Å². The number of hydrogen-bond acceptors (Lipinski definition) is 4. The molecule has 1 unspecified atom stereocenters. The number of rotatable bonds is 4. The maximum absolute atomic E-state index is 13.5. The lowest BCUT2D eigenvalue weighted by Crippen LogP contribution is -2.24. The molecule has 10 heteroatoms. The molecule has 1 aliphatic heterocycles. The van der Waals surface area contributed by atoms with Gasteiger partial charge in [0.2, 0.25) is 5.95 Å². The molecule has 0 aliphatic carbocycles. The SMILES string of the molecule is CC(c1ccc(C(F)(F)F)cc1)n1nc(CF)c2c(=O)[nH]c(N3CCCC3)nc21. The molecule has 4 rings (SSSR count). The Bertz CT molecular complexity index is 1080. The van der Waals surface area contributed by atoms with Crippen LogP contribution in [0.25, 0.3) is 11.0 Å². The minimum Gasteiger partial charge on any atom is -0.342 e. The monoisotopic (exact) mass is 409 g/mol. The quantitative estimate of drug-likeness (QED) is 0.666. The molecule has 6 nitrogen and oxygen atoms in total. The summed E-state index contributed by atoms with van der Waals surface area (Å²) in [5.74, 6) is 0.395. The minimum absolute atomic E-state index is 0.0412. The van der Waals surface area contributed by atoms with Crippen LogP contribution in [0.5, 0.6) is 0 Å². The number of hydrogen-bond donors (Lipinski definition) is 1. The van der Waals surface area contributed by atoms with E-state index < -0.39 is 30.0 Å². The number of halogens is 4. The Kier molecular flexibility index (Phi) is 4.79. The predicted octanol–water partition coefficient (Wildman–Crippen LogP) is 3.82. The second-order valence-electron chi connectivity index (χ2n) is 7.10. The highest BCUT2D eigenvalue weighted by molar-refractivity contribution is 5.78. The molecule has 154 valence electrons. The molecule has 1 atom stereocenters. The van der Waals surface area contributed by atoms with Crippen molar-refractivity contribution in [2.24, 2.45) is 0 Å². The Labute approximate surface area is 163 Å². The van der Waals surface area contributed by atoms with Crippen LogP contribution < -0.4 is 10.5 Å². The van der Waals surface area contributed by atoms with Crippen LogP contribution in [-0.4, -0.2) is 32.8 Å². The van der Waals surface area contributed by atoms with E-state index in [0.717, 1.165) is 38.1 Å². The summed E-state index contributed by atoms with van der Waals surface area (Å²) in [7, 11) is 0. The standard InChI is InChI=1S/C19H19F4N5O/c1-11(12-4-6-13(7-5-12)19(21,22)23)28-16-15(14(10-20)26-28)17(29)25-18(24-16)27-8-2-3-9-27/h4-7,11H,2-3,8-10H2,1H3,(H,24,25,29). The second kappa shape index (κ2) is 7.16. The first-order chi connectivity index (χ1) is 13.8. The van der Waals surface area contributed by atoms with E-state index in [-0.39, 0.29) is 16.7 Å². The van der Waals surface area contributed by atoms with Crippen LogP contribution in [0.3, 0.4) is 0 Å². The Morgan fingerprint density at radius 3 is 2.41 bits per heavy atom. The first-order valence-corrected chi connectivity index (χ1v) is 9.29. The van der Waals surface area contributed by atoms with Crippen molar-refractivity contribution < 1.29 is 17.6 Å². The lowest BCUT2D eigenvalue weighted by molar-refractivity contribution is -0.137. The summed E-state index contributed by atoms with van der Waals surface area (Å²) in [5, 5.41) is 4.27. The van der Waals surface area contributed by atoms with E-state index in [2.05, 4.69) is 15.1 Å². The third-order valence-corrected chi connectivity index (χ3v) is 5.24. The zero-order valence-electron chi connectivity index (χ0n) is 15.6. The number of nitrogens with one attached hydrogen (secondary N) is 1. The molecule has 3 heterocycles. The molecular weight excluding hydrogens is 390 g/mol. The van der Waals surface area contributed by atoms with Crippen molar-refractivity contribution in [2.45, 2.75) is 38.7 Å². The van der Waals surface area contributed by atoms with E-state index in [1.54, 1.807) is 6.92 Å². The second-order valence-corrected chi connectivity index (χ2v) is 7.10. The summed E-state index contributed by atoms with van der Waals surface area (Å²) in [6, 6.07) is 4.14. The summed E-state index contributed by atoms with van der Waals surface area (Å²) in [4.78, 5) is 21.7. The maximum Gasteiger partial charge on any atom is 0.416 e. The Morgan fingerprint density at radius 2 is 1.83 bits per heavy atom. The largest absolute Gasteiger partial charge is 0.416 e. The van der Waals surface area contributed by atoms with E-state index in [9.17, 15) is 22.4 Å². The molecule has 0 saturated carbocycles. The van der Waals surface area contributed by atoms with E-state index in [1.807, 2.05) is 4.90 Å². The molecule has 1 fully saturated rings. The van der Waals surface area contributed by atoms with Crippen LogP contribution >= 0.6 is 0 Å². The van der Waals surface area contributed by atoms with Crippen LogP contribution in [0.4, 0.5) is 23.5 Å². The van der Waals surface area contributed by atoms with Gasteiger partial charge in [0, 0.05) is 13.1 Å². The number of benzene rings is 1. The summed E-state index contributed by atoms with van der Waals surface area (Å²) in [6.07, 6.45) is -2.46. The normalized spacial score (nSPS) is 16.0. The van der Waals surface area contributed by atoms with E-state index >= 15 is 0 Å². The summed E-state index contributed by atoms with van der Waals surface area (Å²) >= 11 is 0. The molecule has 1 N–H and O–H groups in total. The number of aromatic amines is 1. The van der Waals surface area contributed by atoms with Gasteiger partial charge in [-0.25, -0.2) is 9.07 Å². The van der Waals surface area contributed by atoms with Gasteiger partial charge in [-0.2, -0.15) is 23.3 Å². The average Bonchev–Trinajstić information content (AvgIpc) is 3.35. The van der Waals surface area contributed by atoms with Crippen molar-refractivity contribution in [3.05, 3.63) is 51.4 Å². The average molecular weight is 409 g/mol. The third-order valence-electron chi connectivity index (χ3n) is 5.24. The van der Waals surface area contributed by atoms with E-state index in [1.165, 1.54) is 16.8 Å². The topological polar surface area (TPSA) is 66.8 Å². The predicted molar refractivity (Wildman–Crippen MR) is 99.7 cm³/mol. The van der Waals surface area contributed by atoms with Crippen LogP contribution in [0.2, 0.25) is 0 Å². The molecule has 1 aliphatic rings. The fraction of sp³-hybridized carbons (Fsp3) is 0.421. The number of nitrogens with zero attached hydrogens (tertiary/aromatic N) is 4. The molecule has 1 saturated heterocycles. The van der Waals surface area contributed by atoms with Crippen LogP contribution in [0.1, 0.15) is 42.6 Å². The Hall–Kier alpha value is -2.91. The van der Waals surface area contributed by atoms with Gasteiger partial charge in [0.05, 0.1) is 11.6 Å². The maximum atomic E-state index is 13.5. The molecule has 0 spiro atoms. The summed E-state index contributed by atoms with van der Waals surface area (Å²) in [5.41, 5.74) is -0.515. The van der Waals surface area contributed by atoms with E-state index in [0.29, 0.717) is 11.5 Å². The molecule has 0 bridgehead atoms. The lowest BCUT2D eigenvalue weighted by atomic mass is 10.1. The highest BCUT2D eigenvalue weighted by Crippen LogP contribution is 2.31. The first kappa shape index (κ1) is 19.4. The number of anilines is 1. The van der Waals surface area contributed by atoms with Crippen molar-refractivity contribution in [3.8, 4) is 0 Å². The highest BCUT2D eigenvalue weighted by atomic mass is 19.4. The van der Waals surface area contributed by atoms with Gasteiger partial charge in [-0.05, 0) is 37.5 Å². The zero-order valence-corrected chi connectivity index (χ0v) is 15.6. The number of fused-ring (bicyclic) bond motifs is 1. The fourth-order valence-corrected chi connectivity index (χ4v) is 3.64. The molecule has 0 radical (unpaired) electrons. The van der Waals surface area contributed by atoms with Gasteiger partial charge < -0.3 is 4.90 Å². The lowest BCUT2D eigenvalue weighted by Gasteiger charge is -2.17. The van der Waals surface area contributed by atoms with E-state index in [4.69, 9.17) is 0 Å². The zero-order chi connectivity index (χ0) is 20.8. The summed E-state index contributed by atoms with van der Waals surface area (Å²) < 4.78 is 53.4. The third kappa shape index (κ3) is 3.47. The van der Waals surface area contributed by atoms with Crippen molar-refractivity contribution in [1.29, 1.82) is 0 Å². The number of H-pyrrole nitrogens is 1. The van der Waals surface area contributed by atoms with Gasteiger partial charge in [0.15, 0.2) is 5.65 Å². The molecule has 3 aromatic rings. The van der Waals surface area contributed by atoms with Gasteiger partial charge in [0.1, 0.15) is 17.8 Å². The van der Waals surface area contributed by atoms with Crippen molar-refractivity contribution >= 4 is 17.0 Å². The first-order valence-electron chi connectivity index (χ1n) is 9.29. The van der Waals surface area contributed by atoms with Gasteiger partial charge in [-0.3, -0.25) is 9.78 Å². The molecular formula is C19H19F4N5O. The van der Waals surface area contributed by atoms with Crippen LogP contribution in [0.15, 0.2) is 29.1 Å². The number of alkyl halides is 4. The smallest absolute Gasteiger partial charge is 0.342 e. The summed E-state index contributed by atoms with van der Waals surface area (Å²) in [6.45, 7) is 2.28. The highest BCUT2D eigenvalue weighted by Gasteiger charge is 2.30. The van der Waals surface area contributed by atoms with Crippen LogP contribution in [-0.2, 0) is 12.9 Å². The molecule has 29 heavy (non-hydrogen) atoms. The minimum atomic E-state index is -4.43. The number of aromatic nitrogens is 4. The van der Waals surface area contributed by atoms with Gasteiger partial charge in [-0.15, -0.1) is 0 Å². The fourth-order valence-electron chi connectivity index (χ4n) is 3.64. The Balaban J connectivity index is 1.80. The Morgan fingerprint density at radius 1 is 1.17 bits per heavy atom.